The molecular weight excluding hydrogens is 274 g/mol. The number of nitrogens with one attached hydrogen (secondary N) is 1. The zero-order valence-electron chi connectivity index (χ0n) is 10.3. The predicted molar refractivity (Wildman–Crippen MR) is 64.7 cm³/mol. The van der Waals surface area contributed by atoms with Gasteiger partial charge in [-0.2, -0.15) is 0 Å². The molecule has 6 heteroatoms. The molecule has 0 radical (unpaired) electrons. The van der Waals surface area contributed by atoms with E-state index in [4.69, 9.17) is 4.74 Å². The van der Waals surface area contributed by atoms with Crippen LogP contribution >= 0.6 is 0 Å². The second-order valence-electron chi connectivity index (χ2n) is 4.83. The quantitative estimate of drug-likeness (QED) is 0.844. The van der Waals surface area contributed by atoms with Crippen LogP contribution in [0.3, 0.4) is 0 Å². The minimum atomic E-state index is -2.77. The highest BCUT2D eigenvalue weighted by Gasteiger charge is 2.57. The molecule has 1 N–H and O–H groups in total. The number of aromatic nitrogens is 1. The van der Waals surface area contributed by atoms with Crippen LogP contribution in [-0.2, 0) is 0 Å². The second-order valence-corrected chi connectivity index (χ2v) is 4.83. The minimum absolute atomic E-state index is 0.295. The van der Waals surface area contributed by atoms with Crippen LogP contribution in [0.15, 0.2) is 30.5 Å². The molecule has 0 amide bonds. The number of hydrogen-bond acceptors (Lipinski definition) is 1. The van der Waals surface area contributed by atoms with Crippen molar-refractivity contribution in [1.29, 1.82) is 0 Å². The van der Waals surface area contributed by atoms with Crippen LogP contribution in [0.5, 0.6) is 5.75 Å². The van der Waals surface area contributed by atoms with E-state index in [1.54, 1.807) is 18.3 Å². The summed E-state index contributed by atoms with van der Waals surface area (Å²) in [6.45, 7) is -0.386. The predicted octanol–water partition coefficient (Wildman–Crippen LogP) is 3.99. The molecule has 106 valence electrons. The van der Waals surface area contributed by atoms with E-state index < -0.39 is 29.2 Å². The summed E-state index contributed by atoms with van der Waals surface area (Å²) in [5.41, 5.74) is 0.886. The van der Waals surface area contributed by atoms with Crippen molar-refractivity contribution in [2.24, 2.45) is 5.92 Å². The summed E-state index contributed by atoms with van der Waals surface area (Å²) in [6, 6.07) is 5.58. The van der Waals surface area contributed by atoms with Gasteiger partial charge in [0.25, 0.3) is 5.92 Å². The largest absolute Gasteiger partial charge is 0.487 e. The van der Waals surface area contributed by atoms with E-state index in [9.17, 15) is 17.6 Å². The molecule has 0 aliphatic heterocycles. The van der Waals surface area contributed by atoms with Gasteiger partial charge in [-0.15, -0.1) is 0 Å². The number of halogens is 4. The first-order chi connectivity index (χ1) is 9.47. The van der Waals surface area contributed by atoms with Gasteiger partial charge in [-0.3, -0.25) is 0 Å². The van der Waals surface area contributed by atoms with Gasteiger partial charge < -0.3 is 9.72 Å². The number of rotatable bonds is 4. The van der Waals surface area contributed by atoms with Crippen molar-refractivity contribution in [1.82, 2.24) is 4.98 Å². The van der Waals surface area contributed by atoms with Crippen LogP contribution in [0.4, 0.5) is 17.6 Å². The molecule has 1 aliphatic rings. The highest BCUT2D eigenvalue weighted by atomic mass is 19.3. The maximum atomic E-state index is 13.8. The average Bonchev–Trinajstić information content (AvgIpc) is 2.81. The Hall–Kier alpha value is -1.98. The monoisotopic (exact) mass is 285 g/mol. The summed E-state index contributed by atoms with van der Waals surface area (Å²) in [5, 5.41) is 0. The number of ether oxygens (including phenoxy) is 1. The van der Waals surface area contributed by atoms with E-state index >= 15 is 0 Å². The molecule has 20 heavy (non-hydrogen) atoms. The van der Waals surface area contributed by atoms with Crippen molar-refractivity contribution in [3.63, 3.8) is 0 Å². The van der Waals surface area contributed by atoms with E-state index in [-0.39, 0.29) is 13.0 Å². The Morgan fingerprint density at radius 2 is 1.90 bits per heavy atom. The Morgan fingerprint density at radius 3 is 2.40 bits per heavy atom. The number of benzene rings is 1. The van der Waals surface area contributed by atoms with E-state index in [1.807, 2.05) is 0 Å². The molecule has 1 aromatic carbocycles. The first-order valence-corrected chi connectivity index (χ1v) is 6.11. The Labute approximate surface area is 112 Å². The third-order valence-electron chi connectivity index (χ3n) is 3.29. The second kappa shape index (κ2) is 4.54. The van der Waals surface area contributed by atoms with Gasteiger partial charge in [-0.05, 0) is 24.3 Å². The van der Waals surface area contributed by atoms with Gasteiger partial charge in [-0.25, -0.2) is 17.6 Å². The van der Waals surface area contributed by atoms with Crippen molar-refractivity contribution in [2.45, 2.75) is 12.3 Å². The molecule has 0 bridgehead atoms. The fraction of sp³-hybridized carbons (Fsp3) is 0.286. The zero-order chi connectivity index (χ0) is 14.3. The van der Waals surface area contributed by atoms with Crippen LogP contribution in [0.25, 0.3) is 11.3 Å². The molecule has 1 aromatic heterocycles. The summed E-state index contributed by atoms with van der Waals surface area (Å²) >= 11 is 0. The Morgan fingerprint density at radius 1 is 1.25 bits per heavy atom. The first kappa shape index (κ1) is 13.0. The Balaban J connectivity index is 1.78. The number of hydrogen-bond donors (Lipinski definition) is 1. The molecule has 3 rings (SSSR count). The summed E-state index contributed by atoms with van der Waals surface area (Å²) in [4.78, 5) is 2.83. The fourth-order valence-electron chi connectivity index (χ4n) is 2.00. The average molecular weight is 285 g/mol. The standard InChI is InChI=1S/C14H11F4NO/c15-10-4-8(12-2-1-3-19-12)5-11(16)13(10)20-7-9-6-14(9,17)18/h1-5,9,19H,6-7H2/t9-/m1/s1. The van der Waals surface area contributed by atoms with Gasteiger partial charge in [0.15, 0.2) is 17.4 Å². The molecule has 2 nitrogen and oxygen atoms in total. The van der Waals surface area contributed by atoms with Crippen LogP contribution in [-0.4, -0.2) is 17.5 Å². The Kier molecular flexibility index (Phi) is 2.96. The van der Waals surface area contributed by atoms with Crippen molar-refractivity contribution < 1.29 is 22.3 Å². The van der Waals surface area contributed by atoms with E-state index in [2.05, 4.69) is 4.98 Å². The lowest BCUT2D eigenvalue weighted by Gasteiger charge is -2.09. The van der Waals surface area contributed by atoms with Crippen LogP contribution in [0, 0.1) is 17.6 Å². The minimum Gasteiger partial charge on any atom is -0.487 e. The molecule has 1 fully saturated rings. The molecule has 0 spiro atoms. The molecule has 1 atom stereocenters. The highest BCUT2D eigenvalue weighted by Crippen LogP contribution is 2.48. The fourth-order valence-corrected chi connectivity index (χ4v) is 2.00. The maximum Gasteiger partial charge on any atom is 0.255 e. The van der Waals surface area contributed by atoms with Gasteiger partial charge >= 0.3 is 0 Å². The SMILES string of the molecule is Fc1cc(-c2ccc[nH]2)cc(F)c1OC[C@H]1CC1(F)F. The van der Waals surface area contributed by atoms with Gasteiger partial charge in [0.2, 0.25) is 0 Å². The van der Waals surface area contributed by atoms with Crippen molar-refractivity contribution >= 4 is 0 Å². The smallest absolute Gasteiger partial charge is 0.255 e. The lowest BCUT2D eigenvalue weighted by Crippen LogP contribution is -2.08. The number of aromatic amines is 1. The summed E-state index contributed by atoms with van der Waals surface area (Å²) in [7, 11) is 0. The van der Waals surface area contributed by atoms with Gasteiger partial charge in [0, 0.05) is 23.9 Å². The topological polar surface area (TPSA) is 25.0 Å². The summed E-state index contributed by atoms with van der Waals surface area (Å²) in [6.07, 6.45) is 1.33. The van der Waals surface area contributed by atoms with Crippen LogP contribution in [0.1, 0.15) is 6.42 Å². The normalized spacial score (nSPS) is 19.9. The molecule has 1 aliphatic carbocycles. The zero-order valence-corrected chi connectivity index (χ0v) is 10.3. The number of H-pyrrole nitrogens is 1. The van der Waals surface area contributed by atoms with E-state index in [0.29, 0.717) is 11.3 Å². The van der Waals surface area contributed by atoms with E-state index in [0.717, 1.165) is 12.1 Å². The van der Waals surface area contributed by atoms with Crippen LogP contribution in [0.2, 0.25) is 0 Å². The molecule has 2 aromatic rings. The third kappa shape index (κ3) is 2.37. The molecular formula is C14H11F4NO. The van der Waals surface area contributed by atoms with Crippen molar-refractivity contribution in [3.05, 3.63) is 42.1 Å². The first-order valence-electron chi connectivity index (χ1n) is 6.11. The Bertz CT molecular complexity index is 601. The van der Waals surface area contributed by atoms with Gasteiger partial charge in [-0.1, -0.05) is 0 Å². The van der Waals surface area contributed by atoms with Crippen molar-refractivity contribution in [3.8, 4) is 17.0 Å². The highest BCUT2D eigenvalue weighted by molar-refractivity contribution is 5.60. The lowest BCUT2D eigenvalue weighted by atomic mass is 10.1. The lowest BCUT2D eigenvalue weighted by molar-refractivity contribution is 0.0843. The molecule has 0 unspecified atom stereocenters. The summed E-state index contributed by atoms with van der Waals surface area (Å²) in [5.74, 6) is -6.14. The van der Waals surface area contributed by atoms with Crippen molar-refractivity contribution in [2.75, 3.05) is 6.61 Å². The maximum absolute atomic E-state index is 13.8. The van der Waals surface area contributed by atoms with Crippen LogP contribution < -0.4 is 4.74 Å². The molecule has 1 saturated carbocycles. The van der Waals surface area contributed by atoms with Gasteiger partial charge in [0.1, 0.15) is 0 Å². The molecule has 0 saturated heterocycles. The molecule has 1 heterocycles. The third-order valence-corrected chi connectivity index (χ3v) is 3.29. The van der Waals surface area contributed by atoms with Gasteiger partial charge in [0.05, 0.1) is 12.5 Å². The number of alkyl halides is 2. The summed E-state index contributed by atoms with van der Waals surface area (Å²) < 4.78 is 57.8. The van der Waals surface area contributed by atoms with E-state index in [1.165, 1.54) is 0 Å².